The molecule has 0 saturated heterocycles. The summed E-state index contributed by atoms with van der Waals surface area (Å²) in [6.07, 6.45) is -2.20. The fourth-order valence-corrected chi connectivity index (χ4v) is 1.63. The van der Waals surface area contributed by atoms with Crippen molar-refractivity contribution < 1.29 is 23.1 Å². The Bertz CT molecular complexity index is 432. The average Bonchev–Trinajstić information content (AvgIpc) is 2.42. The summed E-state index contributed by atoms with van der Waals surface area (Å²) in [6, 6.07) is 1.89. The van der Waals surface area contributed by atoms with Crippen LogP contribution in [-0.4, -0.2) is 40.6 Å². The van der Waals surface area contributed by atoms with Crippen molar-refractivity contribution >= 4 is 5.91 Å². The number of unbranched alkanes of at least 4 members (excludes halogenated alkanes) is 1. The van der Waals surface area contributed by atoms with Crippen molar-refractivity contribution in [2.24, 2.45) is 0 Å². The zero-order valence-corrected chi connectivity index (χ0v) is 11.2. The second-order valence-corrected chi connectivity index (χ2v) is 4.30. The molecule has 0 aromatic carbocycles. The number of rotatable bonds is 6. The first-order valence-electron chi connectivity index (χ1n) is 6.33. The molecule has 0 radical (unpaired) electrons. The molecule has 0 aliphatic heterocycles. The van der Waals surface area contributed by atoms with E-state index >= 15 is 0 Å². The van der Waals surface area contributed by atoms with Crippen molar-refractivity contribution in [3.8, 4) is 0 Å². The summed E-state index contributed by atoms with van der Waals surface area (Å²) < 4.78 is 37.2. The van der Waals surface area contributed by atoms with E-state index in [0.717, 1.165) is 25.0 Å². The maximum absolute atomic E-state index is 12.4. The van der Waals surface area contributed by atoms with Gasteiger partial charge in [-0.25, -0.2) is 0 Å². The summed E-state index contributed by atoms with van der Waals surface area (Å²) in [6.45, 7) is 2.34. The molecule has 1 amide bonds. The maximum atomic E-state index is 12.4. The van der Waals surface area contributed by atoms with Crippen molar-refractivity contribution in [2.75, 3.05) is 19.7 Å². The van der Waals surface area contributed by atoms with Gasteiger partial charge in [0.1, 0.15) is 5.69 Å². The highest BCUT2D eigenvalue weighted by Gasteiger charge is 2.31. The van der Waals surface area contributed by atoms with Gasteiger partial charge in [-0.05, 0) is 18.6 Å². The van der Waals surface area contributed by atoms with Gasteiger partial charge in [-0.15, -0.1) is 0 Å². The van der Waals surface area contributed by atoms with Crippen LogP contribution in [0.25, 0.3) is 0 Å². The van der Waals surface area contributed by atoms with Gasteiger partial charge in [-0.2, -0.15) is 13.2 Å². The van der Waals surface area contributed by atoms with Gasteiger partial charge in [-0.3, -0.25) is 9.78 Å². The Morgan fingerprint density at radius 2 is 2.05 bits per heavy atom. The highest BCUT2D eigenvalue weighted by Crippen LogP contribution is 2.28. The van der Waals surface area contributed by atoms with Crippen molar-refractivity contribution in [2.45, 2.75) is 25.9 Å². The molecule has 1 N–H and O–H groups in total. The SMILES string of the molecule is CCCCN(CCO)C(=O)c1ccc(C(F)(F)F)cn1. The number of aromatic nitrogens is 1. The van der Waals surface area contributed by atoms with E-state index in [0.29, 0.717) is 12.7 Å². The van der Waals surface area contributed by atoms with Gasteiger partial charge in [0.05, 0.1) is 12.2 Å². The van der Waals surface area contributed by atoms with Gasteiger partial charge in [0.15, 0.2) is 0 Å². The standard InChI is InChI=1S/C13H17F3N2O2/c1-2-3-6-18(7-8-19)12(20)11-5-4-10(9-17-11)13(14,15)16/h4-5,9,19H,2-3,6-8H2,1H3. The van der Waals surface area contributed by atoms with E-state index in [4.69, 9.17) is 5.11 Å². The van der Waals surface area contributed by atoms with E-state index in [-0.39, 0.29) is 18.8 Å². The molecule has 1 rings (SSSR count). The first-order chi connectivity index (χ1) is 9.40. The van der Waals surface area contributed by atoms with Crippen LogP contribution in [0.2, 0.25) is 0 Å². The second kappa shape index (κ2) is 7.23. The molecule has 1 aromatic rings. The number of halogens is 3. The van der Waals surface area contributed by atoms with Crippen LogP contribution in [0, 0.1) is 0 Å². The lowest BCUT2D eigenvalue weighted by atomic mass is 10.2. The predicted octanol–water partition coefficient (Wildman–Crippen LogP) is 2.34. The Morgan fingerprint density at radius 1 is 1.35 bits per heavy atom. The number of aliphatic hydroxyl groups is 1. The molecule has 1 aromatic heterocycles. The molecule has 4 nitrogen and oxygen atoms in total. The van der Waals surface area contributed by atoms with Crippen LogP contribution in [0.3, 0.4) is 0 Å². The Morgan fingerprint density at radius 3 is 2.50 bits per heavy atom. The van der Waals surface area contributed by atoms with Crippen molar-refractivity contribution in [1.29, 1.82) is 0 Å². The quantitative estimate of drug-likeness (QED) is 0.875. The topological polar surface area (TPSA) is 53.4 Å². The van der Waals surface area contributed by atoms with Crippen LogP contribution in [0.5, 0.6) is 0 Å². The zero-order chi connectivity index (χ0) is 15.2. The van der Waals surface area contributed by atoms with Crippen LogP contribution in [-0.2, 0) is 6.18 Å². The molecule has 112 valence electrons. The fourth-order valence-electron chi connectivity index (χ4n) is 1.63. The van der Waals surface area contributed by atoms with E-state index in [9.17, 15) is 18.0 Å². The summed E-state index contributed by atoms with van der Waals surface area (Å²) in [4.78, 5) is 17.0. The average molecular weight is 290 g/mol. The van der Waals surface area contributed by atoms with Gasteiger partial charge in [-0.1, -0.05) is 13.3 Å². The summed E-state index contributed by atoms with van der Waals surface area (Å²) in [7, 11) is 0. The van der Waals surface area contributed by atoms with Crippen LogP contribution in [0.15, 0.2) is 18.3 Å². The summed E-state index contributed by atoms with van der Waals surface area (Å²) in [5, 5.41) is 8.92. The zero-order valence-electron chi connectivity index (χ0n) is 11.2. The first-order valence-corrected chi connectivity index (χ1v) is 6.33. The number of pyridine rings is 1. The number of carbonyl (C=O) groups excluding carboxylic acids is 1. The van der Waals surface area contributed by atoms with E-state index in [1.165, 1.54) is 4.90 Å². The lowest BCUT2D eigenvalue weighted by molar-refractivity contribution is -0.137. The van der Waals surface area contributed by atoms with Crippen molar-refractivity contribution in [3.05, 3.63) is 29.6 Å². The Labute approximate surface area is 115 Å². The largest absolute Gasteiger partial charge is 0.417 e. The van der Waals surface area contributed by atoms with Gasteiger partial charge in [0, 0.05) is 19.3 Å². The molecule has 1 heterocycles. The number of hydrogen-bond acceptors (Lipinski definition) is 3. The minimum absolute atomic E-state index is 0.0532. The molecule has 0 unspecified atom stereocenters. The van der Waals surface area contributed by atoms with Crippen molar-refractivity contribution in [1.82, 2.24) is 9.88 Å². The molecule has 0 spiro atoms. The molecule has 0 aliphatic carbocycles. The molecule has 0 aliphatic rings. The fraction of sp³-hybridized carbons (Fsp3) is 0.538. The van der Waals surface area contributed by atoms with E-state index in [1.807, 2.05) is 6.92 Å². The number of nitrogens with zero attached hydrogens (tertiary/aromatic N) is 2. The predicted molar refractivity (Wildman–Crippen MR) is 67.1 cm³/mol. The molecule has 7 heteroatoms. The van der Waals surface area contributed by atoms with Gasteiger partial charge in [0.25, 0.3) is 5.91 Å². The molecule has 0 fully saturated rings. The van der Waals surface area contributed by atoms with E-state index in [1.54, 1.807) is 0 Å². The Kier molecular flexibility index (Phi) is 5.94. The highest BCUT2D eigenvalue weighted by atomic mass is 19.4. The summed E-state index contributed by atoms with van der Waals surface area (Å²) >= 11 is 0. The first kappa shape index (κ1) is 16.4. The van der Waals surface area contributed by atoms with Gasteiger partial charge >= 0.3 is 6.18 Å². The summed E-state index contributed by atoms with van der Waals surface area (Å²) in [5.41, 5.74) is -0.945. The van der Waals surface area contributed by atoms with Crippen LogP contribution < -0.4 is 0 Å². The smallest absolute Gasteiger partial charge is 0.395 e. The second-order valence-electron chi connectivity index (χ2n) is 4.30. The third-order valence-electron chi connectivity index (χ3n) is 2.75. The molecule has 0 bridgehead atoms. The lowest BCUT2D eigenvalue weighted by Gasteiger charge is -2.21. The highest BCUT2D eigenvalue weighted by molar-refractivity contribution is 5.92. The third-order valence-corrected chi connectivity index (χ3v) is 2.75. The van der Waals surface area contributed by atoms with Crippen LogP contribution >= 0.6 is 0 Å². The minimum atomic E-state index is -4.47. The normalized spacial score (nSPS) is 11.4. The van der Waals surface area contributed by atoms with Gasteiger partial charge in [0.2, 0.25) is 0 Å². The molecular formula is C13H17F3N2O2. The maximum Gasteiger partial charge on any atom is 0.417 e. The van der Waals surface area contributed by atoms with Gasteiger partial charge < -0.3 is 10.0 Å². The lowest BCUT2D eigenvalue weighted by Crippen LogP contribution is -2.35. The minimum Gasteiger partial charge on any atom is -0.395 e. The number of aliphatic hydroxyl groups excluding tert-OH is 1. The van der Waals surface area contributed by atoms with Crippen LogP contribution in [0.1, 0.15) is 35.8 Å². The molecule has 0 atom stereocenters. The van der Waals surface area contributed by atoms with E-state index in [2.05, 4.69) is 4.98 Å². The number of amides is 1. The Balaban J connectivity index is 2.83. The monoisotopic (exact) mass is 290 g/mol. The molecule has 0 saturated carbocycles. The molecular weight excluding hydrogens is 273 g/mol. The van der Waals surface area contributed by atoms with E-state index < -0.39 is 17.6 Å². The molecule has 20 heavy (non-hydrogen) atoms. The number of alkyl halides is 3. The van der Waals surface area contributed by atoms with Crippen molar-refractivity contribution in [3.63, 3.8) is 0 Å². The Hall–Kier alpha value is -1.63. The number of carbonyl (C=O) groups is 1. The number of hydrogen-bond donors (Lipinski definition) is 1. The summed E-state index contributed by atoms with van der Waals surface area (Å²) in [5.74, 6) is -0.471. The van der Waals surface area contributed by atoms with Crippen LogP contribution in [0.4, 0.5) is 13.2 Å². The third kappa shape index (κ3) is 4.48.